The van der Waals surface area contributed by atoms with Gasteiger partial charge in [-0.3, -0.25) is 14.9 Å². The zero-order valence-corrected chi connectivity index (χ0v) is 12.4. The molecule has 0 aromatic carbocycles. The van der Waals surface area contributed by atoms with Crippen molar-refractivity contribution < 1.29 is 9.59 Å². The van der Waals surface area contributed by atoms with Gasteiger partial charge in [-0.25, -0.2) is 15.8 Å². The van der Waals surface area contributed by atoms with Gasteiger partial charge in [-0.05, 0) is 13.3 Å². The second kappa shape index (κ2) is 6.04. The number of nitrogen functional groups attached to an aromatic ring is 1. The highest BCUT2D eigenvalue weighted by molar-refractivity contribution is 6.01. The lowest BCUT2D eigenvalue weighted by Crippen LogP contribution is -2.47. The molecular weight excluding hydrogens is 272 g/mol. The Hall–Kier alpha value is -2.22. The van der Waals surface area contributed by atoms with Crippen molar-refractivity contribution in [2.45, 2.75) is 45.6 Å². The van der Waals surface area contributed by atoms with Crippen molar-refractivity contribution in [2.75, 3.05) is 10.7 Å². The van der Waals surface area contributed by atoms with Gasteiger partial charge in [0.05, 0.1) is 0 Å². The van der Waals surface area contributed by atoms with E-state index < -0.39 is 6.04 Å². The zero-order valence-electron chi connectivity index (χ0n) is 12.4. The molecule has 1 unspecified atom stereocenters. The number of carbonyl (C=O) groups is 2. The molecule has 2 heterocycles. The van der Waals surface area contributed by atoms with E-state index in [0.717, 1.165) is 5.56 Å². The van der Waals surface area contributed by atoms with Gasteiger partial charge in [0.15, 0.2) is 0 Å². The number of amides is 2. The Bertz CT molecular complexity index is 572. The van der Waals surface area contributed by atoms with Gasteiger partial charge in [-0.2, -0.15) is 0 Å². The van der Waals surface area contributed by atoms with Crippen LogP contribution in [0.25, 0.3) is 0 Å². The maximum atomic E-state index is 11.8. The van der Waals surface area contributed by atoms with Gasteiger partial charge >= 0.3 is 0 Å². The van der Waals surface area contributed by atoms with E-state index in [2.05, 4.69) is 26.0 Å². The van der Waals surface area contributed by atoms with Crippen LogP contribution < -0.4 is 21.9 Å². The Morgan fingerprint density at radius 1 is 1.29 bits per heavy atom. The fourth-order valence-corrected chi connectivity index (χ4v) is 2.07. The number of piperidine rings is 1. The summed E-state index contributed by atoms with van der Waals surface area (Å²) in [6, 6.07) is -0.484. The molecule has 1 saturated heterocycles. The van der Waals surface area contributed by atoms with Gasteiger partial charge in [0.1, 0.15) is 23.5 Å². The van der Waals surface area contributed by atoms with Crippen LogP contribution in [0.3, 0.4) is 0 Å². The molecular formula is C13H20N6O2. The van der Waals surface area contributed by atoms with Crippen LogP contribution in [0, 0.1) is 6.92 Å². The quantitative estimate of drug-likeness (QED) is 0.360. The van der Waals surface area contributed by atoms with Crippen LogP contribution in [-0.4, -0.2) is 27.8 Å². The van der Waals surface area contributed by atoms with E-state index >= 15 is 0 Å². The van der Waals surface area contributed by atoms with E-state index in [9.17, 15) is 9.59 Å². The summed E-state index contributed by atoms with van der Waals surface area (Å²) in [5, 5.41) is 5.39. The molecule has 2 amide bonds. The third-order valence-corrected chi connectivity index (χ3v) is 3.37. The molecule has 0 bridgehead atoms. The molecule has 2 rings (SSSR count). The van der Waals surface area contributed by atoms with Crippen molar-refractivity contribution in [3.8, 4) is 0 Å². The molecule has 1 aromatic rings. The van der Waals surface area contributed by atoms with E-state index in [-0.39, 0.29) is 17.7 Å². The number of rotatable bonds is 4. The molecule has 8 heteroatoms. The lowest BCUT2D eigenvalue weighted by Gasteiger charge is -2.24. The van der Waals surface area contributed by atoms with Crippen LogP contribution in [-0.2, 0) is 9.59 Å². The number of carbonyl (C=O) groups excluding carboxylic acids is 2. The standard InChI is InChI=1S/C13H20N6O2/c1-6(2)10-17-11(7(3)12(18-10)19-14)15-8-4-5-9(20)16-13(8)21/h6,8H,4-5,14H2,1-3H3,(H,16,20,21)(H2,15,17,18,19). The minimum absolute atomic E-state index is 0.125. The molecule has 1 aromatic heterocycles. The molecule has 1 atom stereocenters. The molecule has 1 aliphatic rings. The molecule has 0 saturated carbocycles. The van der Waals surface area contributed by atoms with Crippen molar-refractivity contribution in [3.63, 3.8) is 0 Å². The van der Waals surface area contributed by atoms with Crippen LogP contribution in [0.15, 0.2) is 0 Å². The summed E-state index contributed by atoms with van der Waals surface area (Å²) in [5.41, 5.74) is 3.27. The third kappa shape index (κ3) is 3.27. The minimum atomic E-state index is -0.484. The maximum Gasteiger partial charge on any atom is 0.249 e. The second-order valence-corrected chi connectivity index (χ2v) is 5.35. The van der Waals surface area contributed by atoms with Crippen LogP contribution in [0.1, 0.15) is 44.0 Å². The van der Waals surface area contributed by atoms with Gasteiger partial charge < -0.3 is 10.7 Å². The molecule has 1 aliphatic heterocycles. The lowest BCUT2D eigenvalue weighted by atomic mass is 10.1. The normalized spacial score (nSPS) is 18.6. The van der Waals surface area contributed by atoms with Crippen LogP contribution in [0.4, 0.5) is 11.6 Å². The number of hydrogen-bond acceptors (Lipinski definition) is 7. The second-order valence-electron chi connectivity index (χ2n) is 5.35. The van der Waals surface area contributed by atoms with Crippen molar-refractivity contribution in [1.82, 2.24) is 15.3 Å². The van der Waals surface area contributed by atoms with Crippen LogP contribution in [0.2, 0.25) is 0 Å². The zero-order chi connectivity index (χ0) is 15.6. The monoisotopic (exact) mass is 292 g/mol. The topological polar surface area (TPSA) is 122 Å². The molecule has 1 fully saturated rings. The number of hydrogen-bond donors (Lipinski definition) is 4. The molecule has 0 spiro atoms. The van der Waals surface area contributed by atoms with E-state index in [4.69, 9.17) is 5.84 Å². The van der Waals surface area contributed by atoms with Crippen LogP contribution in [0.5, 0.6) is 0 Å². The van der Waals surface area contributed by atoms with Gasteiger partial charge in [0, 0.05) is 17.9 Å². The fourth-order valence-electron chi connectivity index (χ4n) is 2.07. The largest absolute Gasteiger partial charge is 0.358 e. The summed E-state index contributed by atoms with van der Waals surface area (Å²) < 4.78 is 0. The summed E-state index contributed by atoms with van der Waals surface area (Å²) in [6.07, 6.45) is 0.753. The molecule has 21 heavy (non-hydrogen) atoms. The van der Waals surface area contributed by atoms with Gasteiger partial charge in [0.25, 0.3) is 0 Å². The smallest absolute Gasteiger partial charge is 0.249 e. The highest BCUT2D eigenvalue weighted by atomic mass is 16.2. The number of imide groups is 1. The number of nitrogens with one attached hydrogen (secondary N) is 3. The van der Waals surface area contributed by atoms with E-state index in [0.29, 0.717) is 30.3 Å². The Labute approximate surface area is 122 Å². The summed E-state index contributed by atoms with van der Waals surface area (Å²) in [7, 11) is 0. The number of aromatic nitrogens is 2. The number of nitrogens with two attached hydrogens (primary N) is 1. The first kappa shape index (κ1) is 15.2. The van der Waals surface area contributed by atoms with E-state index in [1.165, 1.54) is 0 Å². The van der Waals surface area contributed by atoms with Crippen molar-refractivity contribution in [2.24, 2.45) is 5.84 Å². The molecule has 5 N–H and O–H groups in total. The molecule has 114 valence electrons. The predicted octanol–water partition coefficient (Wildman–Crippen LogP) is 0.411. The Morgan fingerprint density at radius 2 is 1.95 bits per heavy atom. The summed E-state index contributed by atoms with van der Waals surface area (Å²) >= 11 is 0. The lowest BCUT2D eigenvalue weighted by molar-refractivity contribution is -0.133. The number of nitrogens with zero attached hydrogens (tertiary/aromatic N) is 2. The Balaban J connectivity index is 2.28. The third-order valence-electron chi connectivity index (χ3n) is 3.37. The van der Waals surface area contributed by atoms with Crippen molar-refractivity contribution in [1.29, 1.82) is 0 Å². The molecule has 8 nitrogen and oxygen atoms in total. The number of hydrazine groups is 1. The number of anilines is 2. The minimum Gasteiger partial charge on any atom is -0.358 e. The highest BCUT2D eigenvalue weighted by Gasteiger charge is 2.27. The highest BCUT2D eigenvalue weighted by Crippen LogP contribution is 2.24. The summed E-state index contributed by atoms with van der Waals surface area (Å²) in [5.74, 6) is 6.72. The van der Waals surface area contributed by atoms with Gasteiger partial charge in [-0.15, -0.1) is 0 Å². The Kier molecular flexibility index (Phi) is 4.37. The molecule has 0 aliphatic carbocycles. The van der Waals surface area contributed by atoms with Gasteiger partial charge in [-0.1, -0.05) is 13.8 Å². The average molecular weight is 292 g/mol. The van der Waals surface area contributed by atoms with E-state index in [1.807, 2.05) is 20.8 Å². The van der Waals surface area contributed by atoms with Crippen molar-refractivity contribution >= 4 is 23.5 Å². The first-order valence-corrected chi connectivity index (χ1v) is 6.87. The maximum absolute atomic E-state index is 11.8. The summed E-state index contributed by atoms with van der Waals surface area (Å²) in [4.78, 5) is 31.8. The average Bonchev–Trinajstić information content (AvgIpc) is 2.43. The first-order chi connectivity index (χ1) is 9.92. The molecule has 0 radical (unpaired) electrons. The fraction of sp³-hybridized carbons (Fsp3) is 0.538. The van der Waals surface area contributed by atoms with Crippen molar-refractivity contribution in [3.05, 3.63) is 11.4 Å². The van der Waals surface area contributed by atoms with E-state index in [1.54, 1.807) is 0 Å². The Morgan fingerprint density at radius 3 is 2.52 bits per heavy atom. The van der Waals surface area contributed by atoms with Crippen LogP contribution >= 0.6 is 0 Å². The first-order valence-electron chi connectivity index (χ1n) is 6.87. The SMILES string of the molecule is Cc1c(NN)nc(C(C)C)nc1NC1CCC(=O)NC1=O. The summed E-state index contributed by atoms with van der Waals surface area (Å²) in [6.45, 7) is 5.76. The van der Waals surface area contributed by atoms with Gasteiger partial charge in [0.2, 0.25) is 11.8 Å². The predicted molar refractivity (Wildman–Crippen MR) is 78.5 cm³/mol.